The van der Waals surface area contributed by atoms with Crippen molar-refractivity contribution >= 4 is 23.5 Å². The first-order valence-electron chi connectivity index (χ1n) is 6.96. The Hall–Kier alpha value is -2.41. The number of carbonyl (C=O) groups is 3. The second-order valence-electron chi connectivity index (χ2n) is 4.92. The number of aliphatic carboxylic acids is 1. The molecule has 0 saturated carbocycles. The highest BCUT2D eigenvalue weighted by Crippen LogP contribution is 2.11. The van der Waals surface area contributed by atoms with Crippen LogP contribution in [-0.4, -0.2) is 54.0 Å². The molecule has 7 heteroatoms. The SMILES string of the molecule is CCNC(=O)c1cccc(NC(=O)CN(C)C(C)C(=O)O)c1. The maximum Gasteiger partial charge on any atom is 0.320 e. The molecule has 0 fully saturated rings. The molecule has 1 atom stereocenters. The molecule has 1 rings (SSSR count). The van der Waals surface area contributed by atoms with E-state index in [0.29, 0.717) is 17.8 Å². The van der Waals surface area contributed by atoms with Gasteiger partial charge >= 0.3 is 5.97 Å². The highest BCUT2D eigenvalue weighted by Gasteiger charge is 2.19. The number of carboxylic acid groups (broad SMARTS) is 1. The number of likely N-dealkylation sites (N-methyl/N-ethyl adjacent to an activating group) is 1. The van der Waals surface area contributed by atoms with Gasteiger partial charge in [0.25, 0.3) is 5.91 Å². The average Bonchev–Trinajstić information content (AvgIpc) is 2.46. The molecular weight excluding hydrogens is 286 g/mol. The van der Waals surface area contributed by atoms with Gasteiger partial charge in [-0.05, 0) is 39.1 Å². The third kappa shape index (κ3) is 5.17. The molecule has 0 aromatic heterocycles. The molecule has 0 aliphatic carbocycles. The summed E-state index contributed by atoms with van der Waals surface area (Å²) in [5.74, 6) is -1.55. The predicted molar refractivity (Wildman–Crippen MR) is 82.8 cm³/mol. The van der Waals surface area contributed by atoms with Crippen LogP contribution >= 0.6 is 0 Å². The molecule has 3 N–H and O–H groups in total. The van der Waals surface area contributed by atoms with Crippen LogP contribution in [0.15, 0.2) is 24.3 Å². The number of nitrogens with zero attached hydrogens (tertiary/aromatic N) is 1. The van der Waals surface area contributed by atoms with Crippen molar-refractivity contribution in [3.05, 3.63) is 29.8 Å². The Bertz CT molecular complexity index is 559. The first-order chi connectivity index (χ1) is 10.3. The first-order valence-corrected chi connectivity index (χ1v) is 6.96. The molecule has 0 aliphatic heterocycles. The van der Waals surface area contributed by atoms with Gasteiger partial charge < -0.3 is 15.7 Å². The van der Waals surface area contributed by atoms with Crippen LogP contribution in [0.3, 0.4) is 0 Å². The quantitative estimate of drug-likeness (QED) is 0.691. The van der Waals surface area contributed by atoms with Gasteiger partial charge in [0.1, 0.15) is 6.04 Å². The number of hydrogen-bond acceptors (Lipinski definition) is 4. The van der Waals surface area contributed by atoms with Crippen LogP contribution in [0.4, 0.5) is 5.69 Å². The van der Waals surface area contributed by atoms with Crippen molar-refractivity contribution in [1.29, 1.82) is 0 Å². The number of benzene rings is 1. The Morgan fingerprint density at radius 3 is 2.59 bits per heavy atom. The summed E-state index contributed by atoms with van der Waals surface area (Å²) in [4.78, 5) is 35.9. The largest absolute Gasteiger partial charge is 0.480 e. The van der Waals surface area contributed by atoms with Crippen molar-refractivity contribution < 1.29 is 19.5 Å². The number of hydrogen-bond donors (Lipinski definition) is 3. The Morgan fingerprint density at radius 2 is 2.00 bits per heavy atom. The van der Waals surface area contributed by atoms with Crippen LogP contribution in [0.25, 0.3) is 0 Å². The molecule has 0 aliphatic rings. The normalized spacial score (nSPS) is 11.8. The van der Waals surface area contributed by atoms with Gasteiger partial charge in [-0.25, -0.2) is 0 Å². The maximum atomic E-state index is 11.9. The van der Waals surface area contributed by atoms with Gasteiger partial charge in [0, 0.05) is 17.8 Å². The van der Waals surface area contributed by atoms with Crippen molar-refractivity contribution in [3.8, 4) is 0 Å². The van der Waals surface area contributed by atoms with Crippen molar-refractivity contribution in [2.45, 2.75) is 19.9 Å². The minimum absolute atomic E-state index is 0.0567. The molecule has 0 bridgehead atoms. The van der Waals surface area contributed by atoms with Crippen LogP contribution in [0.5, 0.6) is 0 Å². The molecule has 0 spiro atoms. The van der Waals surface area contributed by atoms with Gasteiger partial charge in [0.2, 0.25) is 5.91 Å². The second-order valence-corrected chi connectivity index (χ2v) is 4.92. The second kappa shape index (κ2) is 8.14. The van der Waals surface area contributed by atoms with Crippen molar-refractivity contribution in [2.24, 2.45) is 0 Å². The molecule has 0 radical (unpaired) electrons. The lowest BCUT2D eigenvalue weighted by atomic mass is 10.2. The number of amides is 2. The minimum atomic E-state index is -0.992. The molecule has 1 aromatic rings. The molecule has 7 nitrogen and oxygen atoms in total. The maximum absolute atomic E-state index is 11.9. The third-order valence-corrected chi connectivity index (χ3v) is 3.16. The summed E-state index contributed by atoms with van der Waals surface area (Å²) in [5, 5.41) is 14.2. The standard InChI is InChI=1S/C15H21N3O4/c1-4-16-14(20)11-6-5-7-12(8-11)17-13(19)9-18(3)10(2)15(21)22/h5-8,10H,4,9H2,1-3H3,(H,16,20)(H,17,19)(H,21,22). The zero-order valence-corrected chi connectivity index (χ0v) is 12.9. The Kier molecular flexibility index (Phi) is 6.52. The van der Waals surface area contributed by atoms with Crippen LogP contribution in [0.1, 0.15) is 24.2 Å². The van der Waals surface area contributed by atoms with E-state index in [9.17, 15) is 14.4 Å². The van der Waals surface area contributed by atoms with Gasteiger partial charge in [0.05, 0.1) is 6.54 Å². The van der Waals surface area contributed by atoms with E-state index in [-0.39, 0.29) is 18.4 Å². The summed E-state index contributed by atoms with van der Waals surface area (Å²) in [6.45, 7) is 3.79. The van der Waals surface area contributed by atoms with E-state index in [4.69, 9.17) is 5.11 Å². The smallest absolute Gasteiger partial charge is 0.320 e. The van der Waals surface area contributed by atoms with Crippen LogP contribution in [0.2, 0.25) is 0 Å². The predicted octanol–water partition coefficient (Wildman–Crippen LogP) is 0.780. The topological polar surface area (TPSA) is 98.7 Å². The zero-order chi connectivity index (χ0) is 16.7. The monoisotopic (exact) mass is 307 g/mol. The van der Waals surface area contributed by atoms with E-state index in [1.807, 2.05) is 6.92 Å². The lowest BCUT2D eigenvalue weighted by Gasteiger charge is -2.20. The average molecular weight is 307 g/mol. The highest BCUT2D eigenvalue weighted by atomic mass is 16.4. The zero-order valence-electron chi connectivity index (χ0n) is 12.9. The summed E-state index contributed by atoms with van der Waals surface area (Å²) in [7, 11) is 1.56. The molecular formula is C15H21N3O4. The number of anilines is 1. The fourth-order valence-corrected chi connectivity index (χ4v) is 1.75. The van der Waals surface area contributed by atoms with Crippen molar-refractivity contribution in [1.82, 2.24) is 10.2 Å². The summed E-state index contributed by atoms with van der Waals surface area (Å²) in [6, 6.07) is 5.81. The van der Waals surface area contributed by atoms with Gasteiger partial charge in [-0.1, -0.05) is 6.07 Å². The number of nitrogens with one attached hydrogen (secondary N) is 2. The fraction of sp³-hybridized carbons (Fsp3) is 0.400. The summed E-state index contributed by atoms with van der Waals surface area (Å²) >= 11 is 0. The van der Waals surface area contributed by atoms with Crippen molar-refractivity contribution in [2.75, 3.05) is 25.5 Å². The lowest BCUT2D eigenvalue weighted by Crippen LogP contribution is -2.40. The van der Waals surface area contributed by atoms with E-state index in [2.05, 4.69) is 10.6 Å². The van der Waals surface area contributed by atoms with Gasteiger partial charge in [-0.2, -0.15) is 0 Å². The van der Waals surface area contributed by atoms with Gasteiger partial charge in [-0.3, -0.25) is 19.3 Å². The van der Waals surface area contributed by atoms with E-state index in [1.54, 1.807) is 31.3 Å². The highest BCUT2D eigenvalue weighted by molar-refractivity contribution is 5.97. The van der Waals surface area contributed by atoms with E-state index in [1.165, 1.54) is 11.8 Å². The number of rotatable bonds is 7. The number of carbonyl (C=O) groups excluding carboxylic acids is 2. The molecule has 120 valence electrons. The van der Waals surface area contributed by atoms with Crippen LogP contribution in [-0.2, 0) is 9.59 Å². The Balaban J connectivity index is 2.67. The van der Waals surface area contributed by atoms with Crippen LogP contribution < -0.4 is 10.6 Å². The molecule has 0 heterocycles. The van der Waals surface area contributed by atoms with E-state index < -0.39 is 12.0 Å². The molecule has 2 amide bonds. The molecule has 22 heavy (non-hydrogen) atoms. The fourth-order valence-electron chi connectivity index (χ4n) is 1.75. The molecule has 1 unspecified atom stereocenters. The molecule has 0 saturated heterocycles. The summed E-state index contributed by atoms with van der Waals surface area (Å²) in [6.07, 6.45) is 0. The summed E-state index contributed by atoms with van der Waals surface area (Å²) in [5.41, 5.74) is 0.942. The third-order valence-electron chi connectivity index (χ3n) is 3.16. The Morgan fingerprint density at radius 1 is 1.32 bits per heavy atom. The van der Waals surface area contributed by atoms with Gasteiger partial charge in [-0.15, -0.1) is 0 Å². The summed E-state index contributed by atoms with van der Waals surface area (Å²) < 4.78 is 0. The van der Waals surface area contributed by atoms with Crippen molar-refractivity contribution in [3.63, 3.8) is 0 Å². The lowest BCUT2D eigenvalue weighted by molar-refractivity contribution is -0.142. The molecule has 1 aromatic carbocycles. The van der Waals surface area contributed by atoms with E-state index >= 15 is 0 Å². The van der Waals surface area contributed by atoms with Gasteiger partial charge in [0.15, 0.2) is 0 Å². The first kappa shape index (κ1) is 17.6. The van der Waals surface area contributed by atoms with E-state index in [0.717, 1.165) is 0 Å². The Labute approximate surface area is 129 Å². The number of carboxylic acids is 1. The minimum Gasteiger partial charge on any atom is -0.480 e. The van der Waals surface area contributed by atoms with Crippen LogP contribution in [0, 0.1) is 0 Å².